The summed E-state index contributed by atoms with van der Waals surface area (Å²) in [7, 11) is 0. The van der Waals surface area contributed by atoms with Gasteiger partial charge in [-0.05, 0) is 111 Å². The van der Waals surface area contributed by atoms with Crippen molar-refractivity contribution in [3.63, 3.8) is 0 Å². The van der Waals surface area contributed by atoms with E-state index < -0.39 is 0 Å². The van der Waals surface area contributed by atoms with Gasteiger partial charge in [0.25, 0.3) is 0 Å². The maximum atomic E-state index is 6.95. The number of hydrogen-bond acceptors (Lipinski definition) is 2. The van der Waals surface area contributed by atoms with Gasteiger partial charge in [-0.15, -0.1) is 0 Å². The zero-order valence-electron chi connectivity index (χ0n) is 33.2. The normalized spacial score (nSPS) is 11.6. The molecule has 0 atom stereocenters. The van der Waals surface area contributed by atoms with Crippen LogP contribution >= 0.6 is 0 Å². The molecule has 0 aliphatic rings. The van der Waals surface area contributed by atoms with Crippen molar-refractivity contribution in [3.05, 3.63) is 231 Å². The highest BCUT2D eigenvalue weighted by molar-refractivity contribution is 6.27. The zero-order valence-corrected chi connectivity index (χ0v) is 33.2. The van der Waals surface area contributed by atoms with E-state index in [4.69, 9.17) is 4.42 Å². The molecule has 0 saturated heterocycles. The van der Waals surface area contributed by atoms with Gasteiger partial charge in [-0.2, -0.15) is 0 Å². The number of anilines is 3. The van der Waals surface area contributed by atoms with Crippen molar-refractivity contribution in [2.45, 2.75) is 0 Å². The smallest absolute Gasteiger partial charge is 0.137 e. The first-order chi connectivity index (χ1) is 30.3. The van der Waals surface area contributed by atoms with Gasteiger partial charge in [0.2, 0.25) is 0 Å². The molecule has 3 heteroatoms. The van der Waals surface area contributed by atoms with E-state index in [2.05, 4.69) is 240 Å². The summed E-state index contributed by atoms with van der Waals surface area (Å²) in [6.45, 7) is 0. The van der Waals surface area contributed by atoms with Crippen molar-refractivity contribution in [2.75, 3.05) is 4.90 Å². The van der Waals surface area contributed by atoms with Gasteiger partial charge >= 0.3 is 0 Å². The molecule has 0 aliphatic heterocycles. The maximum Gasteiger partial charge on any atom is 0.137 e. The van der Waals surface area contributed by atoms with Crippen molar-refractivity contribution in [3.8, 4) is 39.1 Å². The van der Waals surface area contributed by atoms with E-state index in [9.17, 15) is 0 Å². The minimum Gasteiger partial charge on any atom is -0.456 e. The number of nitrogens with zero attached hydrogens (tertiary/aromatic N) is 2. The summed E-state index contributed by atoms with van der Waals surface area (Å²) in [6, 6.07) is 82.6. The fraction of sp³-hybridized carbons (Fsp3) is 0. The number of furan rings is 1. The Labute approximate surface area is 353 Å². The van der Waals surface area contributed by atoms with Crippen LogP contribution in [-0.2, 0) is 0 Å². The van der Waals surface area contributed by atoms with Gasteiger partial charge in [0.15, 0.2) is 0 Å². The molecule has 0 fully saturated rings. The molecule has 0 saturated carbocycles. The third-order valence-electron chi connectivity index (χ3n) is 12.2. The molecule has 0 unspecified atom stereocenters. The Morgan fingerprint density at radius 1 is 0.328 bits per heavy atom. The van der Waals surface area contributed by atoms with E-state index in [-0.39, 0.29) is 0 Å². The molecule has 12 rings (SSSR count). The standard InChI is InChI=1S/C58H38N2O/c1-4-16-39(17-5-1)40-30-32-41(33-31-40)42-34-36-45(37-35-42)59(43-18-6-2-7-19-43)53-28-15-29-54-58(53)57-47-23-11-10-22-46(47)50(38-55(57)61-54)48-25-14-27-52-56(48)49-24-12-13-26-51(49)60(52)44-20-8-3-9-21-44/h1-38H. The van der Waals surface area contributed by atoms with Crippen molar-refractivity contribution in [1.29, 1.82) is 0 Å². The van der Waals surface area contributed by atoms with Gasteiger partial charge in [0.05, 0.1) is 22.1 Å². The minimum atomic E-state index is 0.852. The second-order valence-electron chi connectivity index (χ2n) is 15.6. The first-order valence-corrected chi connectivity index (χ1v) is 20.8. The van der Waals surface area contributed by atoms with Crippen LogP contribution in [0, 0.1) is 0 Å². The molecule has 0 N–H and O–H groups in total. The lowest BCUT2D eigenvalue weighted by Gasteiger charge is -2.26. The lowest BCUT2D eigenvalue weighted by molar-refractivity contribution is 0.669. The third-order valence-corrected chi connectivity index (χ3v) is 12.2. The highest BCUT2D eigenvalue weighted by Gasteiger charge is 2.23. The monoisotopic (exact) mass is 778 g/mol. The number of aromatic nitrogens is 1. The van der Waals surface area contributed by atoms with E-state index in [1.54, 1.807) is 0 Å². The summed E-state index contributed by atoms with van der Waals surface area (Å²) < 4.78 is 9.33. The van der Waals surface area contributed by atoms with Crippen molar-refractivity contribution in [2.24, 2.45) is 0 Å². The average Bonchev–Trinajstić information content (AvgIpc) is 3.89. The summed E-state index contributed by atoms with van der Waals surface area (Å²) >= 11 is 0. The predicted molar refractivity (Wildman–Crippen MR) is 257 cm³/mol. The lowest BCUT2D eigenvalue weighted by atomic mass is 9.92. The Morgan fingerprint density at radius 2 is 0.869 bits per heavy atom. The van der Waals surface area contributed by atoms with Gasteiger partial charge in [-0.3, -0.25) is 0 Å². The molecule has 0 aliphatic carbocycles. The largest absolute Gasteiger partial charge is 0.456 e. The van der Waals surface area contributed by atoms with Gasteiger partial charge in [0.1, 0.15) is 11.2 Å². The molecule has 0 bridgehead atoms. The second kappa shape index (κ2) is 14.3. The molecular weight excluding hydrogens is 741 g/mol. The summed E-state index contributed by atoms with van der Waals surface area (Å²) in [5.74, 6) is 0. The van der Waals surface area contributed by atoms with Crippen LogP contribution in [0.1, 0.15) is 0 Å². The van der Waals surface area contributed by atoms with Gasteiger partial charge in [-0.1, -0.05) is 164 Å². The van der Waals surface area contributed by atoms with Crippen molar-refractivity contribution in [1.82, 2.24) is 4.57 Å². The van der Waals surface area contributed by atoms with Crippen molar-refractivity contribution < 1.29 is 4.42 Å². The number of para-hydroxylation sites is 3. The maximum absolute atomic E-state index is 6.95. The van der Waals surface area contributed by atoms with E-state index in [0.29, 0.717) is 0 Å². The molecule has 3 nitrogen and oxygen atoms in total. The molecule has 0 radical (unpaired) electrons. The van der Waals surface area contributed by atoms with Crippen LogP contribution < -0.4 is 4.90 Å². The summed E-state index contributed by atoms with van der Waals surface area (Å²) in [4.78, 5) is 2.36. The van der Waals surface area contributed by atoms with Crippen molar-refractivity contribution >= 4 is 71.6 Å². The van der Waals surface area contributed by atoms with Crippen LogP contribution in [0.3, 0.4) is 0 Å². The average molecular weight is 779 g/mol. The van der Waals surface area contributed by atoms with E-state index >= 15 is 0 Å². The van der Waals surface area contributed by atoms with E-state index in [0.717, 1.165) is 55.6 Å². The fourth-order valence-electron chi connectivity index (χ4n) is 9.46. The molecule has 12 aromatic rings. The van der Waals surface area contributed by atoms with Crippen LogP contribution in [-0.4, -0.2) is 4.57 Å². The zero-order chi connectivity index (χ0) is 40.3. The topological polar surface area (TPSA) is 21.3 Å². The quantitative estimate of drug-likeness (QED) is 0.161. The molecular formula is C58H38N2O. The highest BCUT2D eigenvalue weighted by Crippen LogP contribution is 2.48. The second-order valence-corrected chi connectivity index (χ2v) is 15.6. The summed E-state index contributed by atoms with van der Waals surface area (Å²) in [5.41, 5.74) is 15.5. The third kappa shape index (κ3) is 5.74. The number of fused-ring (bicyclic) bond motifs is 8. The molecule has 2 heterocycles. The fourth-order valence-corrected chi connectivity index (χ4v) is 9.46. The van der Waals surface area contributed by atoms with E-state index in [1.807, 2.05) is 0 Å². The Balaban J connectivity index is 1.04. The lowest BCUT2D eigenvalue weighted by Crippen LogP contribution is -2.10. The van der Waals surface area contributed by atoms with Crippen LogP contribution in [0.2, 0.25) is 0 Å². The van der Waals surface area contributed by atoms with Gasteiger partial charge < -0.3 is 13.9 Å². The highest BCUT2D eigenvalue weighted by atomic mass is 16.3. The molecule has 0 amide bonds. The Kier molecular flexibility index (Phi) is 8.17. The van der Waals surface area contributed by atoms with Gasteiger partial charge in [0, 0.05) is 33.2 Å². The first kappa shape index (κ1) is 34.9. The molecule has 10 aromatic carbocycles. The van der Waals surface area contributed by atoms with Gasteiger partial charge in [-0.25, -0.2) is 0 Å². The number of rotatable bonds is 7. The summed E-state index contributed by atoms with van der Waals surface area (Å²) in [6.07, 6.45) is 0. The Hall–Kier alpha value is -8.14. The number of hydrogen-bond donors (Lipinski definition) is 0. The summed E-state index contributed by atoms with van der Waals surface area (Å²) in [5, 5.41) is 7.00. The SMILES string of the molecule is c1ccc(-c2ccc(-c3ccc(N(c4ccccc4)c4cccc5oc6cc(-c7cccc8c7c7ccccc7n8-c7ccccc7)c7ccccc7c6c45)cc3)cc2)cc1. The Bertz CT molecular complexity index is 3550. The number of benzene rings is 10. The van der Waals surface area contributed by atoms with Crippen LogP contribution in [0.15, 0.2) is 235 Å². The predicted octanol–water partition coefficient (Wildman–Crippen LogP) is 16.3. The van der Waals surface area contributed by atoms with Crippen LogP contribution in [0.5, 0.6) is 0 Å². The minimum absolute atomic E-state index is 0.852. The van der Waals surface area contributed by atoms with Crippen LogP contribution in [0.4, 0.5) is 17.1 Å². The molecule has 0 spiro atoms. The van der Waals surface area contributed by atoms with Crippen LogP contribution in [0.25, 0.3) is 93.6 Å². The Morgan fingerprint density at radius 3 is 1.59 bits per heavy atom. The molecule has 61 heavy (non-hydrogen) atoms. The molecule has 286 valence electrons. The van der Waals surface area contributed by atoms with E-state index in [1.165, 1.54) is 55.0 Å². The molecule has 2 aromatic heterocycles. The first-order valence-electron chi connectivity index (χ1n) is 20.8.